The average Bonchev–Trinajstić information content (AvgIpc) is 2.49. The molecule has 3 aromatic rings. The molecule has 0 aliphatic heterocycles. The highest BCUT2D eigenvalue weighted by Crippen LogP contribution is 2.27. The highest BCUT2D eigenvalue weighted by molar-refractivity contribution is 9.10. The van der Waals surface area contributed by atoms with Crippen molar-refractivity contribution in [2.75, 3.05) is 11.9 Å². The molecule has 0 atom stereocenters. The molecule has 0 bridgehead atoms. The fourth-order valence-electron chi connectivity index (χ4n) is 2.08. The SMILES string of the molecule is CCNc1nc(-c2cncc3ccccc23)ncc1Br. The molecule has 0 saturated heterocycles. The number of nitrogens with one attached hydrogen (secondary N) is 1. The largest absolute Gasteiger partial charge is 0.369 e. The van der Waals surface area contributed by atoms with Crippen LogP contribution in [0.15, 0.2) is 47.3 Å². The van der Waals surface area contributed by atoms with Crippen molar-refractivity contribution >= 4 is 32.5 Å². The highest BCUT2D eigenvalue weighted by Gasteiger charge is 2.09. The molecule has 0 aliphatic carbocycles. The second-order valence-corrected chi connectivity index (χ2v) is 5.18. The predicted octanol–water partition coefficient (Wildman–Crippen LogP) is 3.89. The van der Waals surface area contributed by atoms with Crippen LogP contribution in [0.5, 0.6) is 0 Å². The van der Waals surface area contributed by atoms with Crippen LogP contribution in [0.1, 0.15) is 6.92 Å². The van der Waals surface area contributed by atoms with Crippen molar-refractivity contribution in [3.63, 3.8) is 0 Å². The molecule has 0 fully saturated rings. The molecule has 5 heteroatoms. The van der Waals surface area contributed by atoms with Crippen LogP contribution in [0.2, 0.25) is 0 Å². The molecule has 4 nitrogen and oxygen atoms in total. The Bertz CT molecular complexity index is 752. The molecule has 0 aliphatic rings. The molecule has 0 unspecified atom stereocenters. The Hall–Kier alpha value is -2.01. The molecular weight excluding hydrogens is 316 g/mol. The number of benzene rings is 1. The van der Waals surface area contributed by atoms with E-state index in [1.807, 2.05) is 31.3 Å². The first kappa shape index (κ1) is 13.0. The monoisotopic (exact) mass is 328 g/mol. The van der Waals surface area contributed by atoms with E-state index in [9.17, 15) is 0 Å². The number of hydrogen-bond acceptors (Lipinski definition) is 4. The second-order valence-electron chi connectivity index (χ2n) is 4.33. The van der Waals surface area contributed by atoms with Gasteiger partial charge in [-0.15, -0.1) is 0 Å². The van der Waals surface area contributed by atoms with Gasteiger partial charge in [-0.3, -0.25) is 4.98 Å². The van der Waals surface area contributed by atoms with Gasteiger partial charge in [0, 0.05) is 36.1 Å². The van der Waals surface area contributed by atoms with E-state index in [-0.39, 0.29) is 0 Å². The first-order chi connectivity index (χ1) is 9.79. The average molecular weight is 329 g/mol. The Morgan fingerprint density at radius 2 is 2.00 bits per heavy atom. The van der Waals surface area contributed by atoms with Crippen LogP contribution >= 0.6 is 15.9 Å². The zero-order valence-corrected chi connectivity index (χ0v) is 12.6. The van der Waals surface area contributed by atoms with Gasteiger partial charge in [0.15, 0.2) is 5.82 Å². The summed E-state index contributed by atoms with van der Waals surface area (Å²) in [5, 5.41) is 5.40. The van der Waals surface area contributed by atoms with Crippen LogP contribution < -0.4 is 5.32 Å². The zero-order chi connectivity index (χ0) is 13.9. The number of nitrogens with zero attached hydrogens (tertiary/aromatic N) is 3. The van der Waals surface area contributed by atoms with Gasteiger partial charge in [-0.05, 0) is 28.2 Å². The lowest BCUT2D eigenvalue weighted by Crippen LogP contribution is -2.02. The molecule has 0 amide bonds. The number of halogens is 1. The van der Waals surface area contributed by atoms with Crippen LogP contribution in [0.25, 0.3) is 22.2 Å². The van der Waals surface area contributed by atoms with Crippen LogP contribution in [0.3, 0.4) is 0 Å². The summed E-state index contributed by atoms with van der Waals surface area (Å²) in [5.74, 6) is 1.47. The standard InChI is InChI=1S/C15H13BrN4/c1-2-18-15-13(16)9-19-14(20-15)12-8-17-7-10-5-3-4-6-11(10)12/h3-9H,2H2,1H3,(H,18,19,20). The Morgan fingerprint density at radius 3 is 2.85 bits per heavy atom. The first-order valence-electron chi connectivity index (χ1n) is 6.39. The van der Waals surface area contributed by atoms with Crippen LogP contribution in [0.4, 0.5) is 5.82 Å². The first-order valence-corrected chi connectivity index (χ1v) is 7.18. The van der Waals surface area contributed by atoms with E-state index in [1.165, 1.54) is 0 Å². The lowest BCUT2D eigenvalue weighted by atomic mass is 10.1. The Kier molecular flexibility index (Phi) is 3.60. The molecule has 20 heavy (non-hydrogen) atoms. The van der Waals surface area contributed by atoms with Gasteiger partial charge in [0.05, 0.1) is 4.47 Å². The van der Waals surface area contributed by atoms with Crippen LogP contribution in [0, 0.1) is 0 Å². The maximum Gasteiger partial charge on any atom is 0.163 e. The van der Waals surface area contributed by atoms with Gasteiger partial charge >= 0.3 is 0 Å². The van der Waals surface area contributed by atoms with Gasteiger partial charge < -0.3 is 5.32 Å². The maximum absolute atomic E-state index is 4.57. The molecule has 1 aromatic carbocycles. The molecule has 0 saturated carbocycles. The van der Waals surface area contributed by atoms with E-state index < -0.39 is 0 Å². The molecule has 0 radical (unpaired) electrons. The third kappa shape index (κ3) is 2.36. The van der Waals surface area contributed by atoms with Crippen molar-refractivity contribution in [1.82, 2.24) is 15.0 Å². The minimum absolute atomic E-state index is 0.674. The van der Waals surface area contributed by atoms with Gasteiger partial charge in [0.25, 0.3) is 0 Å². The number of rotatable bonds is 3. The van der Waals surface area contributed by atoms with Crippen molar-refractivity contribution in [2.24, 2.45) is 0 Å². The molecule has 0 spiro atoms. The quantitative estimate of drug-likeness (QED) is 0.792. The number of anilines is 1. The second kappa shape index (κ2) is 5.54. The fraction of sp³-hybridized carbons (Fsp3) is 0.133. The zero-order valence-electron chi connectivity index (χ0n) is 11.0. The van der Waals surface area contributed by atoms with Gasteiger partial charge in [0.1, 0.15) is 5.82 Å². The third-order valence-electron chi connectivity index (χ3n) is 3.00. The Labute approximate surface area is 125 Å². The van der Waals surface area contributed by atoms with E-state index in [4.69, 9.17) is 0 Å². The summed E-state index contributed by atoms with van der Waals surface area (Å²) in [5.41, 5.74) is 0.940. The third-order valence-corrected chi connectivity index (χ3v) is 3.58. The Morgan fingerprint density at radius 1 is 1.15 bits per heavy atom. The summed E-state index contributed by atoms with van der Waals surface area (Å²) in [6, 6.07) is 8.11. The minimum Gasteiger partial charge on any atom is -0.369 e. The van der Waals surface area contributed by atoms with Crippen molar-refractivity contribution in [3.05, 3.63) is 47.3 Å². The summed E-state index contributed by atoms with van der Waals surface area (Å²) >= 11 is 3.45. The predicted molar refractivity (Wildman–Crippen MR) is 84.6 cm³/mol. The molecule has 2 aromatic heterocycles. The number of pyridine rings is 1. The van der Waals surface area contributed by atoms with Crippen LogP contribution in [-0.4, -0.2) is 21.5 Å². The van der Waals surface area contributed by atoms with Gasteiger partial charge in [-0.25, -0.2) is 9.97 Å². The maximum atomic E-state index is 4.57. The lowest BCUT2D eigenvalue weighted by Gasteiger charge is -2.08. The number of aromatic nitrogens is 3. The van der Waals surface area contributed by atoms with Crippen molar-refractivity contribution < 1.29 is 0 Å². The topological polar surface area (TPSA) is 50.7 Å². The molecule has 2 heterocycles. The smallest absolute Gasteiger partial charge is 0.163 e. The van der Waals surface area contributed by atoms with Gasteiger partial charge in [0.2, 0.25) is 0 Å². The molecule has 3 rings (SSSR count). The summed E-state index contributed by atoms with van der Waals surface area (Å²) in [6.45, 7) is 2.84. The summed E-state index contributed by atoms with van der Waals surface area (Å²) < 4.78 is 0.858. The van der Waals surface area contributed by atoms with E-state index in [0.29, 0.717) is 5.82 Å². The lowest BCUT2D eigenvalue weighted by molar-refractivity contribution is 1.10. The van der Waals surface area contributed by atoms with E-state index in [2.05, 4.69) is 42.3 Å². The van der Waals surface area contributed by atoms with Crippen molar-refractivity contribution in [1.29, 1.82) is 0 Å². The van der Waals surface area contributed by atoms with Crippen molar-refractivity contribution in [2.45, 2.75) is 6.92 Å². The molecule has 1 N–H and O–H groups in total. The van der Waals surface area contributed by atoms with E-state index in [1.54, 1.807) is 12.4 Å². The van der Waals surface area contributed by atoms with Crippen molar-refractivity contribution in [3.8, 4) is 11.4 Å². The summed E-state index contributed by atoms with van der Waals surface area (Å²) in [7, 11) is 0. The minimum atomic E-state index is 0.674. The summed E-state index contributed by atoms with van der Waals surface area (Å²) in [6.07, 6.45) is 5.42. The van der Waals surface area contributed by atoms with Gasteiger partial charge in [-0.2, -0.15) is 0 Å². The number of hydrogen-bond donors (Lipinski definition) is 1. The normalized spacial score (nSPS) is 10.7. The van der Waals surface area contributed by atoms with E-state index >= 15 is 0 Å². The fourth-order valence-corrected chi connectivity index (χ4v) is 2.41. The number of fused-ring (bicyclic) bond motifs is 1. The van der Waals surface area contributed by atoms with E-state index in [0.717, 1.165) is 33.2 Å². The highest BCUT2D eigenvalue weighted by atomic mass is 79.9. The van der Waals surface area contributed by atoms with Crippen LogP contribution in [-0.2, 0) is 0 Å². The molecular formula is C15H13BrN4. The Balaban J connectivity index is 2.18. The summed E-state index contributed by atoms with van der Waals surface area (Å²) in [4.78, 5) is 13.3. The molecule has 100 valence electrons. The van der Waals surface area contributed by atoms with Gasteiger partial charge in [-0.1, -0.05) is 24.3 Å².